The molecule has 0 saturated carbocycles. The standard InChI is InChI=1S/C10H20N2O5/c11-8(17-12)7-16-10(15)6-4-2-1-3-5-9(13)14/h8H,1-7,11-12H2,(H,13,14). The third-order valence-electron chi connectivity index (χ3n) is 2.10. The fourth-order valence-corrected chi connectivity index (χ4v) is 1.19. The molecule has 7 heteroatoms. The highest BCUT2D eigenvalue weighted by Gasteiger charge is 2.06. The van der Waals surface area contributed by atoms with Crippen molar-refractivity contribution >= 4 is 11.9 Å². The summed E-state index contributed by atoms with van der Waals surface area (Å²) >= 11 is 0. The van der Waals surface area contributed by atoms with Crippen molar-refractivity contribution < 1.29 is 24.3 Å². The highest BCUT2D eigenvalue weighted by atomic mass is 16.6. The molecule has 0 fully saturated rings. The molecule has 0 aromatic rings. The number of esters is 1. The molecule has 0 aromatic heterocycles. The van der Waals surface area contributed by atoms with Gasteiger partial charge in [0.2, 0.25) is 0 Å². The number of carbonyl (C=O) groups excluding carboxylic acids is 1. The number of hydrogen-bond acceptors (Lipinski definition) is 6. The van der Waals surface area contributed by atoms with Gasteiger partial charge in [0.15, 0.2) is 6.23 Å². The third kappa shape index (κ3) is 11.1. The van der Waals surface area contributed by atoms with Crippen LogP contribution in [0, 0.1) is 0 Å². The van der Waals surface area contributed by atoms with E-state index in [1.807, 2.05) is 0 Å². The molecule has 0 aliphatic rings. The maximum absolute atomic E-state index is 11.1. The molecule has 0 amide bonds. The molecule has 7 nitrogen and oxygen atoms in total. The average molecular weight is 248 g/mol. The van der Waals surface area contributed by atoms with Gasteiger partial charge in [0, 0.05) is 12.8 Å². The molecule has 17 heavy (non-hydrogen) atoms. The predicted molar refractivity (Wildman–Crippen MR) is 59.5 cm³/mol. The number of ether oxygens (including phenoxy) is 1. The molecule has 0 aliphatic carbocycles. The van der Waals surface area contributed by atoms with E-state index in [0.29, 0.717) is 19.3 Å². The lowest BCUT2D eigenvalue weighted by Gasteiger charge is -2.09. The molecule has 0 rings (SSSR count). The van der Waals surface area contributed by atoms with Crippen molar-refractivity contribution in [1.29, 1.82) is 0 Å². The molecule has 0 bridgehead atoms. The molecule has 0 aromatic carbocycles. The van der Waals surface area contributed by atoms with Crippen LogP contribution in [-0.2, 0) is 19.2 Å². The van der Waals surface area contributed by atoms with Crippen LogP contribution in [0.5, 0.6) is 0 Å². The normalized spacial score (nSPS) is 12.1. The summed E-state index contributed by atoms with van der Waals surface area (Å²) in [5.74, 6) is 3.63. The average Bonchev–Trinajstić information content (AvgIpc) is 2.30. The van der Waals surface area contributed by atoms with Gasteiger partial charge in [-0.15, -0.1) is 0 Å². The van der Waals surface area contributed by atoms with Crippen molar-refractivity contribution in [1.82, 2.24) is 0 Å². The monoisotopic (exact) mass is 248 g/mol. The topological polar surface area (TPSA) is 125 Å². The minimum Gasteiger partial charge on any atom is -0.481 e. The van der Waals surface area contributed by atoms with Crippen molar-refractivity contribution in [2.75, 3.05) is 6.61 Å². The Morgan fingerprint density at radius 3 is 2.24 bits per heavy atom. The lowest BCUT2D eigenvalue weighted by molar-refractivity contribution is -0.148. The predicted octanol–water partition coefficient (Wildman–Crippen LogP) is 0.130. The number of carboxylic acids is 1. The smallest absolute Gasteiger partial charge is 0.305 e. The van der Waals surface area contributed by atoms with Crippen LogP contribution in [0.25, 0.3) is 0 Å². The van der Waals surface area contributed by atoms with Gasteiger partial charge in [-0.3, -0.25) is 14.4 Å². The Morgan fingerprint density at radius 2 is 1.71 bits per heavy atom. The SMILES string of the molecule is NOC(N)COC(=O)CCCCCCC(=O)O. The minimum absolute atomic E-state index is 0.0612. The highest BCUT2D eigenvalue weighted by molar-refractivity contribution is 5.69. The van der Waals surface area contributed by atoms with E-state index < -0.39 is 12.2 Å². The summed E-state index contributed by atoms with van der Waals surface area (Å²) in [4.78, 5) is 25.6. The summed E-state index contributed by atoms with van der Waals surface area (Å²) < 4.78 is 4.78. The molecule has 100 valence electrons. The highest BCUT2D eigenvalue weighted by Crippen LogP contribution is 2.06. The molecule has 0 spiro atoms. The van der Waals surface area contributed by atoms with E-state index in [4.69, 9.17) is 21.5 Å². The second kappa shape index (κ2) is 10.0. The number of carboxylic acid groups (broad SMARTS) is 1. The van der Waals surface area contributed by atoms with Crippen LogP contribution in [0.2, 0.25) is 0 Å². The zero-order chi connectivity index (χ0) is 13.1. The fraction of sp³-hybridized carbons (Fsp3) is 0.800. The lowest BCUT2D eigenvalue weighted by atomic mass is 10.1. The second-order valence-corrected chi connectivity index (χ2v) is 3.67. The molecule has 0 saturated heterocycles. The summed E-state index contributed by atoms with van der Waals surface area (Å²) in [5.41, 5.74) is 5.26. The van der Waals surface area contributed by atoms with Gasteiger partial charge in [-0.2, -0.15) is 0 Å². The lowest BCUT2D eigenvalue weighted by Crippen LogP contribution is -2.33. The summed E-state index contributed by atoms with van der Waals surface area (Å²) in [6, 6.07) is 0. The van der Waals surface area contributed by atoms with E-state index in [-0.39, 0.29) is 19.0 Å². The van der Waals surface area contributed by atoms with Crippen molar-refractivity contribution in [3.8, 4) is 0 Å². The first kappa shape index (κ1) is 15.8. The van der Waals surface area contributed by atoms with Gasteiger partial charge < -0.3 is 15.6 Å². The van der Waals surface area contributed by atoms with Crippen LogP contribution in [-0.4, -0.2) is 29.9 Å². The van der Waals surface area contributed by atoms with Crippen LogP contribution in [0.3, 0.4) is 0 Å². The Labute approximate surface area is 100 Å². The molecule has 1 unspecified atom stereocenters. The van der Waals surface area contributed by atoms with Gasteiger partial charge in [-0.05, 0) is 12.8 Å². The molecule has 1 atom stereocenters. The minimum atomic E-state index is -0.797. The van der Waals surface area contributed by atoms with Crippen molar-refractivity contribution in [2.45, 2.75) is 44.8 Å². The number of unbranched alkanes of at least 4 members (excludes halogenated alkanes) is 3. The molecule has 0 radical (unpaired) electrons. The van der Waals surface area contributed by atoms with Gasteiger partial charge in [0.05, 0.1) is 0 Å². The number of aliphatic carboxylic acids is 1. The quantitative estimate of drug-likeness (QED) is 0.217. The zero-order valence-corrected chi connectivity index (χ0v) is 9.76. The van der Waals surface area contributed by atoms with Crippen molar-refractivity contribution in [2.24, 2.45) is 11.6 Å². The number of carbonyl (C=O) groups is 2. The number of hydrogen-bond donors (Lipinski definition) is 3. The van der Waals surface area contributed by atoms with E-state index in [0.717, 1.165) is 12.8 Å². The van der Waals surface area contributed by atoms with E-state index in [2.05, 4.69) is 4.84 Å². The van der Waals surface area contributed by atoms with Gasteiger partial charge in [-0.1, -0.05) is 12.8 Å². The largest absolute Gasteiger partial charge is 0.481 e. The van der Waals surface area contributed by atoms with Crippen molar-refractivity contribution in [3.63, 3.8) is 0 Å². The molecule has 5 N–H and O–H groups in total. The van der Waals surface area contributed by atoms with E-state index in [9.17, 15) is 9.59 Å². The number of nitrogens with two attached hydrogens (primary N) is 2. The summed E-state index contributed by atoms with van der Waals surface area (Å²) in [5, 5.41) is 8.40. The molecular weight excluding hydrogens is 228 g/mol. The first-order valence-corrected chi connectivity index (χ1v) is 5.54. The maximum atomic E-state index is 11.1. The van der Waals surface area contributed by atoms with Crippen molar-refractivity contribution in [3.05, 3.63) is 0 Å². The number of rotatable bonds is 10. The van der Waals surface area contributed by atoms with E-state index in [1.54, 1.807) is 0 Å². The Kier molecular flexibility index (Phi) is 9.31. The van der Waals surface area contributed by atoms with E-state index in [1.165, 1.54) is 0 Å². The molecule has 0 aliphatic heterocycles. The zero-order valence-electron chi connectivity index (χ0n) is 9.76. The Balaban J connectivity index is 3.30. The van der Waals surface area contributed by atoms with Crippen LogP contribution < -0.4 is 11.6 Å². The van der Waals surface area contributed by atoms with Gasteiger partial charge in [0.25, 0.3) is 0 Å². The van der Waals surface area contributed by atoms with Crippen LogP contribution in [0.4, 0.5) is 0 Å². The summed E-state index contributed by atoms with van der Waals surface area (Å²) in [6.45, 7) is -0.0612. The second-order valence-electron chi connectivity index (χ2n) is 3.67. The first-order valence-electron chi connectivity index (χ1n) is 5.54. The Hall–Kier alpha value is -1.18. The van der Waals surface area contributed by atoms with Gasteiger partial charge in [0.1, 0.15) is 6.61 Å². The summed E-state index contributed by atoms with van der Waals surface area (Å²) in [7, 11) is 0. The van der Waals surface area contributed by atoms with Gasteiger partial charge in [-0.25, -0.2) is 5.90 Å². The summed E-state index contributed by atoms with van der Waals surface area (Å²) in [6.07, 6.45) is 2.59. The Bertz CT molecular complexity index is 235. The molecular formula is C10H20N2O5. The third-order valence-corrected chi connectivity index (χ3v) is 2.10. The first-order chi connectivity index (χ1) is 8.06. The van der Waals surface area contributed by atoms with E-state index >= 15 is 0 Å². The fourth-order valence-electron chi connectivity index (χ4n) is 1.19. The van der Waals surface area contributed by atoms with Crippen LogP contribution in [0.1, 0.15) is 38.5 Å². The van der Waals surface area contributed by atoms with Crippen LogP contribution >= 0.6 is 0 Å². The van der Waals surface area contributed by atoms with Gasteiger partial charge >= 0.3 is 11.9 Å². The van der Waals surface area contributed by atoms with Crippen LogP contribution in [0.15, 0.2) is 0 Å². The maximum Gasteiger partial charge on any atom is 0.305 e. The Morgan fingerprint density at radius 1 is 1.12 bits per heavy atom. The molecule has 0 heterocycles.